The minimum absolute atomic E-state index is 0. The van der Waals surface area contributed by atoms with E-state index in [0.717, 1.165) is 35.9 Å². The maximum absolute atomic E-state index is 11.9. The van der Waals surface area contributed by atoms with Crippen LogP contribution in [0.15, 0.2) is 28.7 Å². The van der Waals surface area contributed by atoms with Crippen LogP contribution in [0.5, 0.6) is 5.75 Å². The maximum atomic E-state index is 11.9. The molecule has 0 aliphatic heterocycles. The van der Waals surface area contributed by atoms with Crippen molar-refractivity contribution in [2.75, 3.05) is 13.2 Å². The number of amides is 1. The number of hydrogen-bond donors (Lipinski definition) is 2. The molecule has 112 valence electrons. The normalized spacial score (nSPS) is 16.3. The van der Waals surface area contributed by atoms with Gasteiger partial charge in [0.2, 0.25) is 5.91 Å². The zero-order valence-corrected chi connectivity index (χ0v) is 13.6. The van der Waals surface area contributed by atoms with Crippen molar-refractivity contribution < 1.29 is 9.53 Å². The molecule has 1 aromatic rings. The highest BCUT2D eigenvalue weighted by Crippen LogP contribution is 2.27. The van der Waals surface area contributed by atoms with Crippen molar-refractivity contribution in [3.8, 4) is 5.75 Å². The molecule has 1 aliphatic rings. The largest absolute Gasteiger partial charge is 0.492 e. The Balaban J connectivity index is 0.00000200. The molecule has 0 atom stereocenters. The minimum atomic E-state index is -0.655. The lowest BCUT2D eigenvalue weighted by Crippen LogP contribution is -2.52. The van der Waals surface area contributed by atoms with Crippen LogP contribution in [-0.2, 0) is 4.79 Å². The van der Waals surface area contributed by atoms with Gasteiger partial charge in [-0.3, -0.25) is 4.79 Å². The number of nitrogens with two attached hydrogens (primary N) is 1. The molecule has 1 amide bonds. The SMILES string of the molecule is Cl.NC1(C(=O)NCCOc2ccc(Br)cc2)CCCC1. The molecule has 0 radical (unpaired) electrons. The van der Waals surface area contributed by atoms with Gasteiger partial charge < -0.3 is 15.8 Å². The van der Waals surface area contributed by atoms with E-state index in [-0.39, 0.29) is 18.3 Å². The lowest BCUT2D eigenvalue weighted by atomic mass is 9.98. The molecule has 1 aromatic carbocycles. The number of ether oxygens (including phenoxy) is 1. The zero-order chi connectivity index (χ0) is 13.7. The monoisotopic (exact) mass is 362 g/mol. The Morgan fingerprint density at radius 2 is 1.90 bits per heavy atom. The minimum Gasteiger partial charge on any atom is -0.492 e. The summed E-state index contributed by atoms with van der Waals surface area (Å²) in [4.78, 5) is 11.9. The summed E-state index contributed by atoms with van der Waals surface area (Å²) in [6.45, 7) is 0.928. The zero-order valence-electron chi connectivity index (χ0n) is 11.2. The van der Waals surface area contributed by atoms with Crippen molar-refractivity contribution in [2.45, 2.75) is 31.2 Å². The molecule has 3 N–H and O–H groups in total. The van der Waals surface area contributed by atoms with Crippen molar-refractivity contribution in [1.82, 2.24) is 5.32 Å². The average molecular weight is 364 g/mol. The van der Waals surface area contributed by atoms with Crippen molar-refractivity contribution >= 4 is 34.2 Å². The van der Waals surface area contributed by atoms with E-state index in [4.69, 9.17) is 10.5 Å². The van der Waals surface area contributed by atoms with Gasteiger partial charge >= 0.3 is 0 Å². The van der Waals surface area contributed by atoms with Gasteiger partial charge in [0.1, 0.15) is 12.4 Å². The number of nitrogens with one attached hydrogen (secondary N) is 1. The highest BCUT2D eigenvalue weighted by atomic mass is 79.9. The Kier molecular flexibility index (Phi) is 6.79. The van der Waals surface area contributed by atoms with Crippen molar-refractivity contribution in [1.29, 1.82) is 0 Å². The van der Waals surface area contributed by atoms with Gasteiger partial charge in [-0.25, -0.2) is 0 Å². The molecule has 20 heavy (non-hydrogen) atoms. The van der Waals surface area contributed by atoms with Crippen LogP contribution in [0.4, 0.5) is 0 Å². The van der Waals surface area contributed by atoms with Gasteiger partial charge in [0.05, 0.1) is 12.1 Å². The molecule has 0 unspecified atom stereocenters. The average Bonchev–Trinajstić information content (AvgIpc) is 2.85. The first-order chi connectivity index (χ1) is 9.10. The first-order valence-electron chi connectivity index (χ1n) is 6.56. The molecule has 1 fully saturated rings. The number of hydrogen-bond acceptors (Lipinski definition) is 3. The van der Waals surface area contributed by atoms with Gasteiger partial charge in [-0.15, -0.1) is 12.4 Å². The van der Waals surface area contributed by atoms with Crippen molar-refractivity contribution in [3.63, 3.8) is 0 Å². The van der Waals surface area contributed by atoms with E-state index < -0.39 is 5.54 Å². The van der Waals surface area contributed by atoms with Gasteiger partial charge in [-0.05, 0) is 37.1 Å². The standard InChI is InChI=1S/C14H19BrN2O2.ClH/c15-11-3-5-12(6-4-11)19-10-9-17-13(18)14(16)7-1-2-8-14;/h3-6H,1-2,7-10,16H2,(H,17,18);1H. The van der Waals surface area contributed by atoms with Gasteiger partial charge in [0, 0.05) is 4.47 Å². The maximum Gasteiger partial charge on any atom is 0.240 e. The smallest absolute Gasteiger partial charge is 0.240 e. The lowest BCUT2D eigenvalue weighted by Gasteiger charge is -2.22. The predicted octanol–water partition coefficient (Wildman–Crippen LogP) is 2.64. The van der Waals surface area contributed by atoms with Crippen LogP contribution >= 0.6 is 28.3 Å². The number of carbonyl (C=O) groups is 1. The molecular formula is C14H20BrClN2O2. The number of halogens is 2. The van der Waals surface area contributed by atoms with E-state index in [0.29, 0.717) is 13.2 Å². The summed E-state index contributed by atoms with van der Waals surface area (Å²) in [5.74, 6) is 0.741. The molecule has 4 nitrogen and oxygen atoms in total. The van der Waals surface area contributed by atoms with Crippen LogP contribution < -0.4 is 15.8 Å². The Morgan fingerprint density at radius 1 is 1.30 bits per heavy atom. The van der Waals surface area contributed by atoms with Crippen LogP contribution in [0.1, 0.15) is 25.7 Å². The molecular weight excluding hydrogens is 344 g/mol. The molecule has 6 heteroatoms. The fourth-order valence-electron chi connectivity index (χ4n) is 2.27. The second-order valence-corrected chi connectivity index (χ2v) is 5.84. The molecule has 1 saturated carbocycles. The second kappa shape index (κ2) is 7.86. The summed E-state index contributed by atoms with van der Waals surface area (Å²) in [5, 5.41) is 2.85. The molecule has 0 heterocycles. The number of benzene rings is 1. The summed E-state index contributed by atoms with van der Waals surface area (Å²) in [7, 11) is 0. The summed E-state index contributed by atoms with van der Waals surface area (Å²) in [5.41, 5.74) is 5.40. The lowest BCUT2D eigenvalue weighted by molar-refractivity contribution is -0.126. The van der Waals surface area contributed by atoms with E-state index in [1.165, 1.54) is 0 Å². The Labute approximate surface area is 134 Å². The fraction of sp³-hybridized carbons (Fsp3) is 0.500. The third kappa shape index (κ3) is 4.65. The van der Waals surface area contributed by atoms with Crippen LogP contribution in [0.3, 0.4) is 0 Å². The molecule has 0 saturated heterocycles. The second-order valence-electron chi connectivity index (χ2n) is 4.92. The van der Waals surface area contributed by atoms with E-state index in [2.05, 4.69) is 21.2 Å². The fourth-order valence-corrected chi connectivity index (χ4v) is 2.54. The molecule has 2 rings (SSSR count). The van der Waals surface area contributed by atoms with Crippen molar-refractivity contribution in [3.05, 3.63) is 28.7 Å². The Morgan fingerprint density at radius 3 is 2.50 bits per heavy atom. The van der Waals surface area contributed by atoms with Gasteiger partial charge in [-0.1, -0.05) is 28.8 Å². The van der Waals surface area contributed by atoms with Crippen LogP contribution in [0.2, 0.25) is 0 Å². The molecule has 1 aliphatic carbocycles. The molecule has 0 aromatic heterocycles. The Bertz CT molecular complexity index is 433. The molecule has 0 bridgehead atoms. The van der Waals surface area contributed by atoms with Crippen LogP contribution in [-0.4, -0.2) is 24.6 Å². The highest BCUT2D eigenvalue weighted by molar-refractivity contribution is 9.10. The topological polar surface area (TPSA) is 64.4 Å². The van der Waals surface area contributed by atoms with Gasteiger partial charge in [0.25, 0.3) is 0 Å². The van der Waals surface area contributed by atoms with Crippen LogP contribution in [0, 0.1) is 0 Å². The third-order valence-corrected chi connectivity index (χ3v) is 3.95. The van der Waals surface area contributed by atoms with E-state index in [1.54, 1.807) is 0 Å². The van der Waals surface area contributed by atoms with Gasteiger partial charge in [0.15, 0.2) is 0 Å². The number of carbonyl (C=O) groups excluding carboxylic acids is 1. The summed E-state index contributed by atoms with van der Waals surface area (Å²) < 4.78 is 6.54. The van der Waals surface area contributed by atoms with Gasteiger partial charge in [-0.2, -0.15) is 0 Å². The van der Waals surface area contributed by atoms with Crippen LogP contribution in [0.25, 0.3) is 0 Å². The van der Waals surface area contributed by atoms with E-state index in [9.17, 15) is 4.79 Å². The van der Waals surface area contributed by atoms with E-state index >= 15 is 0 Å². The van der Waals surface area contributed by atoms with E-state index in [1.807, 2.05) is 24.3 Å². The summed E-state index contributed by atoms with van der Waals surface area (Å²) >= 11 is 3.36. The predicted molar refractivity (Wildman–Crippen MR) is 85.3 cm³/mol. The summed E-state index contributed by atoms with van der Waals surface area (Å²) in [6.07, 6.45) is 3.65. The molecule has 0 spiro atoms. The first-order valence-corrected chi connectivity index (χ1v) is 7.35. The first kappa shape index (κ1) is 17.3. The highest BCUT2D eigenvalue weighted by Gasteiger charge is 2.36. The quantitative estimate of drug-likeness (QED) is 0.791. The number of rotatable bonds is 5. The van der Waals surface area contributed by atoms with Crippen molar-refractivity contribution in [2.24, 2.45) is 5.73 Å². The third-order valence-electron chi connectivity index (χ3n) is 3.42. The Hall–Kier alpha value is -0.780. The summed E-state index contributed by atoms with van der Waals surface area (Å²) in [6, 6.07) is 7.60.